The second-order valence-corrected chi connectivity index (χ2v) is 7.89. The fourth-order valence-corrected chi connectivity index (χ4v) is 3.95. The molecule has 0 aliphatic carbocycles. The van der Waals surface area contributed by atoms with Gasteiger partial charge in [0.2, 0.25) is 0 Å². The van der Waals surface area contributed by atoms with Crippen LogP contribution >= 0.6 is 24.4 Å². The standard InChI is InChI=1S/C24H26N4S2/c1-5-15-25-21(19-11-7-17(3)8-12-19)28-23(29)26-22(27(16-6-2)24(28)30)20-13-9-18(4)10-14-20/h5-14,22H,1-2,15-16H2,3-4H3,(H,26,29). The lowest BCUT2D eigenvalue weighted by atomic mass is 10.1. The van der Waals surface area contributed by atoms with Crippen LogP contribution < -0.4 is 5.32 Å². The van der Waals surface area contributed by atoms with Gasteiger partial charge in [-0.2, -0.15) is 0 Å². The van der Waals surface area contributed by atoms with E-state index >= 15 is 0 Å². The molecule has 0 amide bonds. The van der Waals surface area contributed by atoms with E-state index in [4.69, 9.17) is 29.4 Å². The number of nitrogens with one attached hydrogen (secondary N) is 1. The topological polar surface area (TPSA) is 30.9 Å². The zero-order chi connectivity index (χ0) is 21.7. The van der Waals surface area contributed by atoms with Gasteiger partial charge < -0.3 is 10.2 Å². The zero-order valence-corrected chi connectivity index (χ0v) is 19.0. The Balaban J connectivity index is 2.02. The molecule has 1 fully saturated rings. The number of aliphatic imine (C=N–C) groups is 1. The van der Waals surface area contributed by atoms with Gasteiger partial charge in [-0.15, -0.1) is 13.2 Å². The summed E-state index contributed by atoms with van der Waals surface area (Å²) >= 11 is 11.7. The predicted molar refractivity (Wildman–Crippen MR) is 134 cm³/mol. The normalized spacial score (nSPS) is 17.0. The van der Waals surface area contributed by atoms with Gasteiger partial charge in [0.15, 0.2) is 10.2 Å². The van der Waals surface area contributed by atoms with Crippen LogP contribution in [0.1, 0.15) is 28.4 Å². The number of thiocarbonyl (C=S) groups is 2. The fraction of sp³-hybridized carbons (Fsp3) is 0.208. The van der Waals surface area contributed by atoms with Gasteiger partial charge >= 0.3 is 0 Å². The minimum Gasteiger partial charge on any atom is -0.338 e. The van der Waals surface area contributed by atoms with E-state index in [0.717, 1.165) is 11.1 Å². The Hall–Kier alpha value is -2.83. The molecular weight excluding hydrogens is 408 g/mol. The van der Waals surface area contributed by atoms with Crippen molar-refractivity contribution in [2.75, 3.05) is 13.1 Å². The van der Waals surface area contributed by atoms with Crippen molar-refractivity contribution >= 4 is 40.5 Å². The first-order chi connectivity index (χ1) is 14.5. The van der Waals surface area contributed by atoms with Gasteiger partial charge in [0.05, 0.1) is 6.54 Å². The van der Waals surface area contributed by atoms with Crippen LogP contribution in [0.15, 0.2) is 78.8 Å². The van der Waals surface area contributed by atoms with Gasteiger partial charge in [-0.1, -0.05) is 71.8 Å². The van der Waals surface area contributed by atoms with E-state index in [0.29, 0.717) is 29.2 Å². The number of amidine groups is 1. The van der Waals surface area contributed by atoms with Crippen LogP contribution in [0.2, 0.25) is 0 Å². The molecule has 1 atom stereocenters. The molecule has 30 heavy (non-hydrogen) atoms. The maximum Gasteiger partial charge on any atom is 0.186 e. The predicted octanol–water partition coefficient (Wildman–Crippen LogP) is 4.90. The van der Waals surface area contributed by atoms with Crippen LogP contribution in [0.5, 0.6) is 0 Å². The van der Waals surface area contributed by atoms with E-state index in [-0.39, 0.29) is 6.17 Å². The Morgan fingerprint density at radius 1 is 1.00 bits per heavy atom. The molecule has 6 heteroatoms. The van der Waals surface area contributed by atoms with Crippen LogP contribution in [0.4, 0.5) is 0 Å². The summed E-state index contributed by atoms with van der Waals surface area (Å²) < 4.78 is 0. The molecule has 1 saturated heterocycles. The minimum absolute atomic E-state index is 0.168. The molecule has 154 valence electrons. The maximum absolute atomic E-state index is 5.92. The summed E-state index contributed by atoms with van der Waals surface area (Å²) in [4.78, 5) is 8.62. The first-order valence-electron chi connectivity index (χ1n) is 9.77. The summed E-state index contributed by atoms with van der Waals surface area (Å²) in [6.07, 6.45) is 3.43. The molecular formula is C24H26N4S2. The summed E-state index contributed by atoms with van der Waals surface area (Å²) in [5.41, 5.74) is 4.42. The third-order valence-corrected chi connectivity index (χ3v) is 5.54. The number of nitrogens with zero attached hydrogens (tertiary/aromatic N) is 3. The van der Waals surface area contributed by atoms with Gasteiger partial charge in [0, 0.05) is 12.1 Å². The number of hydrogen-bond acceptors (Lipinski definition) is 3. The lowest BCUT2D eigenvalue weighted by Gasteiger charge is -2.45. The molecule has 1 heterocycles. The van der Waals surface area contributed by atoms with Gasteiger partial charge in [0.25, 0.3) is 0 Å². The Bertz CT molecular complexity index is 977. The fourth-order valence-electron chi connectivity index (χ4n) is 3.25. The zero-order valence-electron chi connectivity index (χ0n) is 17.3. The molecule has 0 spiro atoms. The molecule has 1 aliphatic rings. The molecule has 1 aliphatic heterocycles. The summed E-state index contributed by atoms with van der Waals surface area (Å²) in [6.45, 7) is 12.9. The third-order valence-electron chi connectivity index (χ3n) is 4.82. The van der Waals surface area contributed by atoms with Crippen LogP contribution in [0.3, 0.4) is 0 Å². The highest BCUT2D eigenvalue weighted by Gasteiger charge is 2.36. The highest BCUT2D eigenvalue weighted by atomic mass is 32.1. The summed E-state index contributed by atoms with van der Waals surface area (Å²) in [6, 6.07) is 16.5. The first kappa shape index (κ1) is 21.9. The molecule has 0 aromatic heterocycles. The van der Waals surface area contributed by atoms with Crippen LogP contribution in [0.25, 0.3) is 0 Å². The SMILES string of the molecule is C=CCN=C(c1ccc(C)cc1)N1C(=S)NC(c2ccc(C)cc2)N(CC=C)C1=S. The highest BCUT2D eigenvalue weighted by molar-refractivity contribution is 7.81. The quantitative estimate of drug-likeness (QED) is 0.303. The number of rotatable bonds is 6. The Morgan fingerprint density at radius 2 is 1.60 bits per heavy atom. The third kappa shape index (κ3) is 4.66. The van der Waals surface area contributed by atoms with Crippen molar-refractivity contribution in [1.82, 2.24) is 15.1 Å². The van der Waals surface area contributed by atoms with Gasteiger partial charge in [-0.3, -0.25) is 4.99 Å². The molecule has 3 rings (SSSR count). The maximum atomic E-state index is 5.92. The van der Waals surface area contributed by atoms with Crippen molar-refractivity contribution in [2.24, 2.45) is 4.99 Å². The van der Waals surface area contributed by atoms with E-state index in [1.54, 1.807) is 6.08 Å². The monoisotopic (exact) mass is 434 g/mol. The van der Waals surface area contributed by atoms with Crippen LogP contribution in [-0.4, -0.2) is 38.9 Å². The summed E-state index contributed by atoms with van der Waals surface area (Å²) in [5, 5.41) is 4.56. The lowest BCUT2D eigenvalue weighted by molar-refractivity contribution is 0.289. The lowest BCUT2D eigenvalue weighted by Crippen LogP contribution is -2.62. The molecule has 0 radical (unpaired) electrons. The first-order valence-corrected chi connectivity index (χ1v) is 10.6. The van der Waals surface area contributed by atoms with Crippen molar-refractivity contribution in [1.29, 1.82) is 0 Å². The number of hydrogen-bond donors (Lipinski definition) is 1. The van der Waals surface area contributed by atoms with E-state index in [2.05, 4.69) is 73.6 Å². The largest absolute Gasteiger partial charge is 0.338 e. The van der Waals surface area contributed by atoms with Crippen molar-refractivity contribution < 1.29 is 0 Å². The molecule has 1 unspecified atom stereocenters. The van der Waals surface area contributed by atoms with Gasteiger partial charge in [-0.05, 0) is 43.8 Å². The van der Waals surface area contributed by atoms with E-state index < -0.39 is 0 Å². The Kier molecular flexibility index (Phi) is 7.13. The van der Waals surface area contributed by atoms with Crippen LogP contribution in [0, 0.1) is 13.8 Å². The van der Waals surface area contributed by atoms with Crippen molar-refractivity contribution in [2.45, 2.75) is 20.0 Å². The highest BCUT2D eigenvalue weighted by Crippen LogP contribution is 2.26. The minimum atomic E-state index is -0.168. The van der Waals surface area contributed by atoms with Crippen molar-refractivity contribution in [3.8, 4) is 0 Å². The van der Waals surface area contributed by atoms with Crippen molar-refractivity contribution in [3.05, 3.63) is 96.1 Å². The summed E-state index contributed by atoms with van der Waals surface area (Å²) in [5.74, 6) is 0.703. The second kappa shape index (κ2) is 9.78. The van der Waals surface area contributed by atoms with E-state index in [1.165, 1.54) is 11.1 Å². The Labute approximate surface area is 189 Å². The average Bonchev–Trinajstić information content (AvgIpc) is 2.74. The molecule has 2 aromatic rings. The molecule has 0 saturated carbocycles. The van der Waals surface area contributed by atoms with Crippen LogP contribution in [-0.2, 0) is 0 Å². The molecule has 0 bridgehead atoms. The molecule has 1 N–H and O–H groups in total. The number of aryl methyl sites for hydroxylation is 2. The van der Waals surface area contributed by atoms with Gasteiger partial charge in [0.1, 0.15) is 12.0 Å². The summed E-state index contributed by atoms with van der Waals surface area (Å²) in [7, 11) is 0. The van der Waals surface area contributed by atoms with E-state index in [1.807, 2.05) is 23.1 Å². The smallest absolute Gasteiger partial charge is 0.186 e. The molecule has 2 aromatic carbocycles. The van der Waals surface area contributed by atoms with E-state index in [9.17, 15) is 0 Å². The molecule has 4 nitrogen and oxygen atoms in total. The average molecular weight is 435 g/mol. The number of benzene rings is 2. The second-order valence-electron chi connectivity index (χ2n) is 7.14. The Morgan fingerprint density at radius 3 is 2.17 bits per heavy atom. The van der Waals surface area contributed by atoms with Crippen molar-refractivity contribution in [3.63, 3.8) is 0 Å². The van der Waals surface area contributed by atoms with Gasteiger partial charge in [-0.25, -0.2) is 4.90 Å².